The van der Waals surface area contributed by atoms with Gasteiger partial charge in [-0.2, -0.15) is 0 Å². The van der Waals surface area contributed by atoms with Crippen molar-refractivity contribution >= 4 is 11.8 Å². The van der Waals surface area contributed by atoms with Crippen molar-refractivity contribution < 1.29 is 5.11 Å². The predicted octanol–water partition coefficient (Wildman–Crippen LogP) is 4.64. The zero-order valence-electron chi connectivity index (χ0n) is 14.6. The molecular formula is C22H19N3OS. The van der Waals surface area contributed by atoms with Crippen LogP contribution in [0.3, 0.4) is 0 Å². The van der Waals surface area contributed by atoms with Crippen LogP contribution in [0.1, 0.15) is 23.1 Å². The smallest absolute Gasteiger partial charge is 0.196 e. The van der Waals surface area contributed by atoms with E-state index in [1.165, 1.54) is 5.56 Å². The number of benzene rings is 3. The van der Waals surface area contributed by atoms with E-state index in [1.807, 2.05) is 83.4 Å². The van der Waals surface area contributed by atoms with Gasteiger partial charge in [-0.3, -0.25) is 4.57 Å². The Labute approximate surface area is 162 Å². The van der Waals surface area contributed by atoms with Gasteiger partial charge in [0.1, 0.15) is 6.10 Å². The van der Waals surface area contributed by atoms with Crippen LogP contribution in [0, 0.1) is 0 Å². The molecule has 4 aromatic rings. The van der Waals surface area contributed by atoms with E-state index in [0.29, 0.717) is 5.82 Å². The zero-order valence-corrected chi connectivity index (χ0v) is 15.5. The number of aliphatic hydroxyl groups excluding tert-OH is 1. The van der Waals surface area contributed by atoms with E-state index < -0.39 is 6.10 Å². The van der Waals surface area contributed by atoms with Gasteiger partial charge in [0.25, 0.3) is 0 Å². The summed E-state index contributed by atoms with van der Waals surface area (Å²) in [4.78, 5) is 0. The van der Waals surface area contributed by atoms with Crippen molar-refractivity contribution in [1.29, 1.82) is 0 Å². The number of rotatable bonds is 6. The van der Waals surface area contributed by atoms with Gasteiger partial charge < -0.3 is 5.11 Å². The summed E-state index contributed by atoms with van der Waals surface area (Å²) in [7, 11) is 0. The maximum absolute atomic E-state index is 10.9. The first-order valence-electron chi connectivity index (χ1n) is 8.73. The van der Waals surface area contributed by atoms with E-state index in [1.54, 1.807) is 11.8 Å². The summed E-state index contributed by atoms with van der Waals surface area (Å²) in [6.07, 6.45) is -0.843. The first-order valence-corrected chi connectivity index (χ1v) is 9.72. The van der Waals surface area contributed by atoms with Crippen LogP contribution in [-0.4, -0.2) is 19.9 Å². The zero-order chi connectivity index (χ0) is 18.5. The molecule has 0 radical (unpaired) electrons. The molecule has 0 aliphatic carbocycles. The minimum absolute atomic E-state index is 0.517. The van der Waals surface area contributed by atoms with Gasteiger partial charge in [-0.15, -0.1) is 10.2 Å². The van der Waals surface area contributed by atoms with Crippen LogP contribution in [0.15, 0.2) is 96.2 Å². The third-order valence-electron chi connectivity index (χ3n) is 4.24. The maximum Gasteiger partial charge on any atom is 0.196 e. The fourth-order valence-corrected chi connectivity index (χ4v) is 3.79. The molecule has 0 bridgehead atoms. The van der Waals surface area contributed by atoms with Crippen molar-refractivity contribution in [1.82, 2.24) is 14.8 Å². The molecule has 0 aliphatic rings. The van der Waals surface area contributed by atoms with Crippen LogP contribution in [-0.2, 0) is 5.75 Å². The number of hydrogen-bond acceptors (Lipinski definition) is 4. The lowest BCUT2D eigenvalue weighted by molar-refractivity contribution is 0.207. The monoisotopic (exact) mass is 373 g/mol. The van der Waals surface area contributed by atoms with E-state index in [9.17, 15) is 5.11 Å². The number of aromatic nitrogens is 3. The van der Waals surface area contributed by atoms with Crippen LogP contribution >= 0.6 is 11.8 Å². The Hall–Kier alpha value is -2.89. The Morgan fingerprint density at radius 2 is 1.37 bits per heavy atom. The molecule has 3 aromatic carbocycles. The van der Waals surface area contributed by atoms with Gasteiger partial charge in [0, 0.05) is 11.4 Å². The average molecular weight is 373 g/mol. The normalized spacial score (nSPS) is 12.0. The lowest BCUT2D eigenvalue weighted by Crippen LogP contribution is -2.09. The summed E-state index contributed by atoms with van der Waals surface area (Å²) >= 11 is 1.61. The summed E-state index contributed by atoms with van der Waals surface area (Å²) in [5.41, 5.74) is 2.94. The molecule has 4 rings (SSSR count). The molecule has 1 aromatic heterocycles. The summed E-state index contributed by atoms with van der Waals surface area (Å²) in [6.45, 7) is 0. The van der Waals surface area contributed by atoms with E-state index in [2.05, 4.69) is 22.3 Å². The lowest BCUT2D eigenvalue weighted by atomic mass is 10.1. The van der Waals surface area contributed by atoms with Gasteiger partial charge in [-0.05, 0) is 23.3 Å². The molecule has 1 atom stereocenters. The Bertz CT molecular complexity index is 988. The van der Waals surface area contributed by atoms with E-state index in [0.717, 1.165) is 22.2 Å². The molecule has 0 aliphatic heterocycles. The van der Waals surface area contributed by atoms with Gasteiger partial charge >= 0.3 is 0 Å². The van der Waals surface area contributed by atoms with E-state index in [4.69, 9.17) is 0 Å². The fourth-order valence-electron chi connectivity index (χ4n) is 2.88. The fraction of sp³-hybridized carbons (Fsp3) is 0.0909. The van der Waals surface area contributed by atoms with Gasteiger partial charge in [0.15, 0.2) is 11.0 Å². The molecule has 1 heterocycles. The van der Waals surface area contributed by atoms with Crippen molar-refractivity contribution in [2.75, 3.05) is 0 Å². The van der Waals surface area contributed by atoms with E-state index in [-0.39, 0.29) is 0 Å². The van der Waals surface area contributed by atoms with Gasteiger partial charge in [-0.1, -0.05) is 90.6 Å². The standard InChI is InChI=1S/C22H19N3OS/c26-20(18-12-6-2-7-13-18)21-23-24-22(25(21)19-14-8-3-9-15-19)27-16-17-10-4-1-5-11-17/h1-15,20,26H,16H2. The molecule has 0 spiro atoms. The van der Waals surface area contributed by atoms with Crippen LogP contribution < -0.4 is 0 Å². The number of nitrogens with zero attached hydrogens (tertiary/aromatic N) is 3. The highest BCUT2D eigenvalue weighted by Gasteiger charge is 2.22. The van der Waals surface area contributed by atoms with Crippen LogP contribution in [0.2, 0.25) is 0 Å². The second-order valence-corrected chi connectivity index (χ2v) is 7.04. The van der Waals surface area contributed by atoms with Crippen LogP contribution in [0.4, 0.5) is 0 Å². The summed E-state index contributed by atoms with van der Waals surface area (Å²) in [5, 5.41) is 20.4. The van der Waals surface area contributed by atoms with Crippen molar-refractivity contribution in [3.05, 3.63) is 108 Å². The topological polar surface area (TPSA) is 50.9 Å². The van der Waals surface area contributed by atoms with Crippen molar-refractivity contribution in [2.45, 2.75) is 17.0 Å². The molecular weight excluding hydrogens is 354 g/mol. The Morgan fingerprint density at radius 3 is 2.04 bits per heavy atom. The van der Waals surface area contributed by atoms with E-state index >= 15 is 0 Å². The molecule has 0 saturated heterocycles. The molecule has 0 saturated carbocycles. The molecule has 27 heavy (non-hydrogen) atoms. The largest absolute Gasteiger partial charge is 0.380 e. The summed E-state index contributed by atoms with van der Waals surface area (Å²) < 4.78 is 1.94. The number of aliphatic hydroxyl groups is 1. The number of hydrogen-bond donors (Lipinski definition) is 1. The lowest BCUT2D eigenvalue weighted by Gasteiger charge is -2.14. The van der Waals surface area contributed by atoms with Crippen LogP contribution in [0.5, 0.6) is 0 Å². The summed E-state index contributed by atoms with van der Waals surface area (Å²) in [6, 6.07) is 29.7. The molecule has 1 unspecified atom stereocenters. The second kappa shape index (κ2) is 8.20. The average Bonchev–Trinajstić information content (AvgIpc) is 3.17. The van der Waals surface area contributed by atoms with Crippen molar-refractivity contribution in [3.8, 4) is 5.69 Å². The minimum atomic E-state index is -0.843. The maximum atomic E-state index is 10.9. The first kappa shape index (κ1) is 17.5. The van der Waals surface area contributed by atoms with Gasteiger partial charge in [-0.25, -0.2) is 0 Å². The first-order chi connectivity index (χ1) is 13.3. The predicted molar refractivity (Wildman–Crippen MR) is 108 cm³/mol. The number of thioether (sulfide) groups is 1. The quantitative estimate of drug-likeness (QED) is 0.500. The highest BCUT2D eigenvalue weighted by molar-refractivity contribution is 7.98. The second-order valence-electron chi connectivity index (χ2n) is 6.10. The molecule has 1 N–H and O–H groups in total. The third-order valence-corrected chi connectivity index (χ3v) is 5.24. The molecule has 0 fully saturated rings. The van der Waals surface area contributed by atoms with Crippen molar-refractivity contribution in [3.63, 3.8) is 0 Å². The molecule has 134 valence electrons. The minimum Gasteiger partial charge on any atom is -0.380 e. The molecule has 0 amide bonds. The molecule has 5 heteroatoms. The van der Waals surface area contributed by atoms with Gasteiger partial charge in [0.05, 0.1) is 0 Å². The van der Waals surface area contributed by atoms with Gasteiger partial charge in [0.2, 0.25) is 0 Å². The Kier molecular flexibility index (Phi) is 5.32. The highest BCUT2D eigenvalue weighted by atomic mass is 32.2. The third kappa shape index (κ3) is 3.94. The molecule has 4 nitrogen and oxygen atoms in total. The van der Waals surface area contributed by atoms with Crippen molar-refractivity contribution in [2.24, 2.45) is 0 Å². The van der Waals surface area contributed by atoms with Crippen LogP contribution in [0.25, 0.3) is 5.69 Å². The Balaban J connectivity index is 1.70. The number of para-hydroxylation sites is 1. The SMILES string of the molecule is OC(c1ccccc1)c1nnc(SCc2ccccc2)n1-c1ccccc1. The highest BCUT2D eigenvalue weighted by Crippen LogP contribution is 2.29. The Morgan fingerprint density at radius 1 is 0.778 bits per heavy atom. The summed E-state index contributed by atoms with van der Waals surface area (Å²) in [5.74, 6) is 1.30.